The summed E-state index contributed by atoms with van der Waals surface area (Å²) in [6.45, 7) is -1.35. The van der Waals surface area contributed by atoms with Crippen LogP contribution in [0.4, 0.5) is 0 Å². The second kappa shape index (κ2) is 15.6. The van der Waals surface area contributed by atoms with E-state index in [9.17, 15) is 35.7 Å². The van der Waals surface area contributed by atoms with Gasteiger partial charge in [0, 0.05) is 10.4 Å². The first-order valence-electron chi connectivity index (χ1n) is 7.75. The molecule has 0 bridgehead atoms. The summed E-state index contributed by atoms with van der Waals surface area (Å²) >= 11 is 0. The van der Waals surface area contributed by atoms with Crippen LogP contribution in [0.5, 0.6) is 0 Å². The molecule has 2 saturated heterocycles. The summed E-state index contributed by atoms with van der Waals surface area (Å²) in [4.78, 5) is 0. The number of rotatable bonds is 4. The molecule has 2 aliphatic rings. The van der Waals surface area contributed by atoms with Crippen molar-refractivity contribution in [2.45, 2.75) is 61.4 Å². The zero-order valence-electron chi connectivity index (χ0n) is 16.0. The number of aliphatic hydroxyl groups excluding tert-OH is 8. The van der Waals surface area contributed by atoms with Gasteiger partial charge >= 0.3 is 103 Å². The minimum atomic E-state index is -5.17. The van der Waals surface area contributed by atoms with Crippen LogP contribution in [0.1, 0.15) is 0 Å². The molecule has 0 spiro atoms. The van der Waals surface area contributed by atoms with Gasteiger partial charge in [-0.15, -0.1) is 0 Å². The maximum absolute atomic E-state index is 9.94. The molecular weight excluding hydrogens is 494 g/mol. The molecule has 8 N–H and O–H groups in total. The average Bonchev–Trinajstić information content (AvgIpc) is 2.60. The summed E-state index contributed by atoms with van der Waals surface area (Å²) in [7, 11) is -5.17. The van der Waals surface area contributed by atoms with E-state index in [1.165, 1.54) is 0 Å². The zero-order chi connectivity index (χ0) is 21.8. The Morgan fingerprint density at radius 1 is 0.733 bits per heavy atom. The van der Waals surface area contributed by atoms with Crippen LogP contribution in [0.25, 0.3) is 0 Å². The quantitative estimate of drug-likeness (QED) is 0.0978. The molecule has 0 radical (unpaired) electrons. The van der Waals surface area contributed by atoms with Crippen LogP contribution in [0.15, 0.2) is 0 Å². The van der Waals surface area contributed by atoms with Crippen molar-refractivity contribution in [3.63, 3.8) is 0 Å². The van der Waals surface area contributed by atoms with Crippen molar-refractivity contribution in [2.24, 2.45) is 0 Å². The van der Waals surface area contributed by atoms with E-state index >= 15 is 0 Å². The van der Waals surface area contributed by atoms with Crippen molar-refractivity contribution in [3.8, 4) is 0 Å². The van der Waals surface area contributed by atoms with E-state index < -0.39 is 85.0 Å². The van der Waals surface area contributed by atoms with E-state index in [2.05, 4.69) is 0 Å². The van der Waals surface area contributed by atoms with E-state index in [0.29, 0.717) is 0 Å². The zero-order valence-corrected chi connectivity index (χ0v) is 23.1. The number of hydrogen-bond donors (Lipinski definition) is 8. The van der Waals surface area contributed by atoms with E-state index in [-0.39, 0.29) is 103 Å². The van der Waals surface area contributed by atoms with Gasteiger partial charge in [-0.05, 0) is 0 Å². The molecule has 2 heterocycles. The number of ether oxygens (including phenoxy) is 3. The third-order valence-electron chi connectivity index (χ3n) is 3.98. The largest absolute Gasteiger partial charge is 1.00 e. The van der Waals surface area contributed by atoms with Crippen molar-refractivity contribution in [1.29, 1.82) is 0 Å². The molecular formula is C12H22K2O15S. The molecule has 0 aromatic rings. The first-order valence-corrected chi connectivity index (χ1v) is 9.08. The molecule has 30 heavy (non-hydrogen) atoms. The monoisotopic (exact) mass is 516 g/mol. The van der Waals surface area contributed by atoms with Crippen molar-refractivity contribution in [1.82, 2.24) is 0 Å². The van der Waals surface area contributed by atoms with Crippen LogP contribution in [0.2, 0.25) is 0 Å². The predicted molar refractivity (Wildman–Crippen MR) is 79.1 cm³/mol. The fraction of sp³-hybridized carbons (Fsp3) is 1.00. The maximum Gasteiger partial charge on any atom is 1.00 e. The summed E-state index contributed by atoms with van der Waals surface area (Å²) in [5.41, 5.74) is 0. The van der Waals surface area contributed by atoms with Gasteiger partial charge in [-0.3, -0.25) is 8.42 Å². The van der Waals surface area contributed by atoms with Gasteiger partial charge in [0.1, 0.15) is 48.8 Å². The Bertz CT molecular complexity index is 570. The van der Waals surface area contributed by atoms with Crippen molar-refractivity contribution in [2.75, 3.05) is 13.2 Å². The fourth-order valence-corrected chi connectivity index (χ4v) is 2.57. The molecule has 2 fully saturated rings. The van der Waals surface area contributed by atoms with Gasteiger partial charge in [0.2, 0.25) is 0 Å². The van der Waals surface area contributed by atoms with Gasteiger partial charge in [-0.25, -0.2) is 0 Å². The van der Waals surface area contributed by atoms with Crippen molar-refractivity contribution < 1.29 is 175 Å². The van der Waals surface area contributed by atoms with Gasteiger partial charge < -0.3 is 64.2 Å². The molecule has 0 aromatic carbocycles. The second-order valence-corrected chi connectivity index (χ2v) is 6.75. The Morgan fingerprint density at radius 3 is 1.63 bits per heavy atom. The Labute approximate surface area is 256 Å². The minimum Gasteiger partial charge on any atom is -0.759 e. The smallest absolute Gasteiger partial charge is 0.759 e. The van der Waals surface area contributed by atoms with Crippen molar-refractivity contribution in [3.05, 3.63) is 0 Å². The minimum absolute atomic E-state index is 0. The molecule has 2 aliphatic heterocycles. The topological polar surface area (TPSA) is 270 Å². The van der Waals surface area contributed by atoms with E-state index in [0.717, 1.165) is 0 Å². The third-order valence-corrected chi connectivity index (χ3v) is 3.98. The molecule has 15 nitrogen and oxygen atoms in total. The van der Waals surface area contributed by atoms with E-state index in [1.807, 2.05) is 0 Å². The molecule has 10 atom stereocenters. The fourth-order valence-electron chi connectivity index (χ4n) is 2.57. The molecule has 0 saturated carbocycles. The molecule has 18 heteroatoms. The predicted octanol–water partition coefficient (Wildman–Crippen LogP) is -12.7. The normalized spacial score (nSPS) is 41.5. The number of aliphatic hydroxyl groups is 8. The van der Waals surface area contributed by atoms with Crippen LogP contribution >= 0.6 is 0 Å². The first kappa shape index (κ1) is 34.9. The van der Waals surface area contributed by atoms with Crippen LogP contribution in [0, 0.1) is 0 Å². The van der Waals surface area contributed by atoms with Gasteiger partial charge in [0.05, 0.1) is 13.2 Å². The summed E-state index contributed by atoms with van der Waals surface area (Å²) in [5.74, 6) is 0. The Hall–Kier alpha value is 2.70. The first-order chi connectivity index (χ1) is 12.8. The SMILES string of the molecule is O=S(=O)([O-])[O-].OC[C@H]1O[C@H](O[C@H]2[C@H](O)[C@@H](O)[C@H](O)O[C@@H]2CO)[C@H](O)[C@@H](O)[C@@H]1O.[K+].[K+]. The molecule has 0 aliphatic carbocycles. The van der Waals surface area contributed by atoms with E-state index in [4.69, 9.17) is 36.8 Å². The molecule has 0 amide bonds. The average molecular weight is 517 g/mol. The summed E-state index contributed by atoms with van der Waals surface area (Å²) < 4.78 is 49.3. The van der Waals surface area contributed by atoms with E-state index in [1.54, 1.807) is 0 Å². The standard InChI is InChI=1S/C12H22O11.2K.H2O4S/c13-1-3-5(15)6(16)9(19)12(22-3)23-10-4(2-14)21-11(20)8(18)7(10)17;;;1-5(2,3)4/h3-20H,1-2H2;;;(H2,1,2,3,4)/q;2*+1;/p-2/t3-,4-,5-,6+,7-,8-,9-,10-,11-,12-;;;/m1.../s1. The van der Waals surface area contributed by atoms with Gasteiger partial charge in [0.25, 0.3) is 0 Å². The van der Waals surface area contributed by atoms with Gasteiger partial charge in [0.15, 0.2) is 12.6 Å². The van der Waals surface area contributed by atoms with Crippen LogP contribution in [0.3, 0.4) is 0 Å². The molecule has 0 unspecified atom stereocenters. The molecule has 168 valence electrons. The number of hydrogen-bond acceptors (Lipinski definition) is 15. The van der Waals surface area contributed by atoms with Crippen LogP contribution in [-0.2, 0) is 24.6 Å². The summed E-state index contributed by atoms with van der Waals surface area (Å²) in [5, 5.41) is 76.5. The summed E-state index contributed by atoms with van der Waals surface area (Å²) in [6.07, 6.45) is -15.6. The van der Waals surface area contributed by atoms with Crippen LogP contribution in [-0.4, -0.2) is 133 Å². The van der Waals surface area contributed by atoms with Crippen LogP contribution < -0.4 is 103 Å². The van der Waals surface area contributed by atoms with Gasteiger partial charge in [-0.1, -0.05) is 0 Å². The Kier molecular flexibility index (Phi) is 18.2. The third kappa shape index (κ3) is 10.5. The Morgan fingerprint density at radius 2 is 1.20 bits per heavy atom. The second-order valence-electron chi connectivity index (χ2n) is 5.94. The molecule has 0 aromatic heterocycles. The van der Waals surface area contributed by atoms with Gasteiger partial charge in [-0.2, -0.15) is 0 Å². The van der Waals surface area contributed by atoms with Crippen molar-refractivity contribution >= 4 is 10.4 Å². The summed E-state index contributed by atoms with van der Waals surface area (Å²) in [6, 6.07) is 0. The Balaban J connectivity index is 0. The maximum atomic E-state index is 9.94. The molecule has 2 rings (SSSR count).